The van der Waals surface area contributed by atoms with Gasteiger partial charge in [0.05, 0.1) is 16.1 Å². The number of aromatic nitrogens is 1. The second kappa shape index (κ2) is 8.76. The number of pyridine rings is 1. The minimum atomic E-state index is -3.92. The van der Waals surface area contributed by atoms with Crippen LogP contribution in [0.3, 0.4) is 0 Å². The van der Waals surface area contributed by atoms with Crippen LogP contribution in [0.5, 0.6) is 0 Å². The molecule has 2 aliphatic rings. The Morgan fingerprint density at radius 3 is 2.62 bits per heavy atom. The van der Waals surface area contributed by atoms with Gasteiger partial charge in [0.25, 0.3) is 0 Å². The summed E-state index contributed by atoms with van der Waals surface area (Å²) < 4.78 is 32.0. The first-order valence-electron chi connectivity index (χ1n) is 11.1. The number of sulfone groups is 1. The molecule has 2 aromatic rings. The zero-order valence-corrected chi connectivity index (χ0v) is 19.7. The average molecular weight is 452 g/mol. The molecule has 1 atom stereocenters. The van der Waals surface area contributed by atoms with E-state index >= 15 is 0 Å². The maximum Gasteiger partial charge on any atom is 0.225 e. The molecule has 7 heteroatoms. The van der Waals surface area contributed by atoms with Gasteiger partial charge in [-0.1, -0.05) is 26.8 Å². The van der Waals surface area contributed by atoms with Crippen molar-refractivity contribution >= 4 is 21.2 Å². The summed E-state index contributed by atoms with van der Waals surface area (Å²) in [5.74, 6) is 0.977. The van der Waals surface area contributed by atoms with E-state index in [1.54, 1.807) is 18.2 Å². The van der Waals surface area contributed by atoms with Crippen LogP contribution in [0.2, 0.25) is 0 Å². The Labute approximate surface area is 190 Å². The molecule has 3 heterocycles. The fourth-order valence-corrected chi connectivity index (χ4v) is 6.07. The van der Waals surface area contributed by atoms with Gasteiger partial charge < -0.3 is 4.74 Å². The number of aliphatic imine (C=N–C) groups is 1. The van der Waals surface area contributed by atoms with E-state index in [2.05, 4.69) is 25.8 Å². The Morgan fingerprint density at radius 2 is 1.94 bits per heavy atom. The van der Waals surface area contributed by atoms with Crippen molar-refractivity contribution < 1.29 is 13.2 Å². The molecule has 32 heavy (non-hydrogen) atoms. The topological polar surface area (TPSA) is 92.4 Å². The molecule has 168 valence electrons. The predicted molar refractivity (Wildman–Crippen MR) is 123 cm³/mol. The molecule has 1 unspecified atom stereocenters. The third-order valence-corrected chi connectivity index (χ3v) is 8.04. The molecule has 2 aliphatic heterocycles. The Balaban J connectivity index is 1.71. The number of fused-ring (bicyclic) bond motifs is 1. The molecule has 0 saturated carbocycles. The molecule has 1 saturated heterocycles. The molecule has 1 fully saturated rings. The van der Waals surface area contributed by atoms with Crippen molar-refractivity contribution in [1.82, 2.24) is 4.98 Å². The SMILES string of the molecule is CC(C)(C)C1=Nc2cc(S(=O)(=O)c3ncccc3C#N)ccc2CC1CC1CCOCC1. The monoisotopic (exact) mass is 451 g/mol. The Bertz CT molecular complexity index is 1180. The van der Waals surface area contributed by atoms with Crippen LogP contribution in [0.25, 0.3) is 0 Å². The van der Waals surface area contributed by atoms with E-state index in [9.17, 15) is 13.7 Å². The average Bonchev–Trinajstić information content (AvgIpc) is 2.78. The van der Waals surface area contributed by atoms with E-state index in [1.165, 1.54) is 12.3 Å². The second-order valence-corrected chi connectivity index (χ2v) is 11.6. The number of ether oxygens (including phenoxy) is 1. The van der Waals surface area contributed by atoms with E-state index in [1.807, 2.05) is 12.1 Å². The third kappa shape index (κ3) is 4.48. The number of nitriles is 1. The molecular weight excluding hydrogens is 422 g/mol. The number of rotatable bonds is 4. The number of hydrogen-bond acceptors (Lipinski definition) is 6. The van der Waals surface area contributed by atoms with E-state index in [0.717, 1.165) is 50.2 Å². The molecule has 0 radical (unpaired) electrons. The van der Waals surface area contributed by atoms with Gasteiger partial charge in [0, 0.05) is 36.5 Å². The van der Waals surface area contributed by atoms with E-state index in [-0.39, 0.29) is 20.9 Å². The first-order chi connectivity index (χ1) is 15.2. The van der Waals surface area contributed by atoms with Crippen molar-refractivity contribution in [3.63, 3.8) is 0 Å². The highest BCUT2D eigenvalue weighted by Crippen LogP contribution is 2.40. The maximum atomic E-state index is 13.2. The summed E-state index contributed by atoms with van der Waals surface area (Å²) in [4.78, 5) is 9.11. The quantitative estimate of drug-likeness (QED) is 0.660. The Morgan fingerprint density at radius 1 is 1.19 bits per heavy atom. The van der Waals surface area contributed by atoms with Crippen LogP contribution in [0.15, 0.2) is 51.4 Å². The van der Waals surface area contributed by atoms with Crippen molar-refractivity contribution in [1.29, 1.82) is 5.26 Å². The highest BCUT2D eigenvalue weighted by molar-refractivity contribution is 7.91. The zero-order chi connectivity index (χ0) is 22.9. The molecule has 6 nitrogen and oxygen atoms in total. The van der Waals surface area contributed by atoms with Crippen molar-refractivity contribution in [2.24, 2.45) is 22.2 Å². The van der Waals surface area contributed by atoms with Crippen LogP contribution in [-0.4, -0.2) is 32.3 Å². The minimum Gasteiger partial charge on any atom is -0.381 e. The molecule has 1 aromatic carbocycles. The third-order valence-electron chi connectivity index (χ3n) is 6.33. The highest BCUT2D eigenvalue weighted by Gasteiger charge is 2.34. The lowest BCUT2D eigenvalue weighted by atomic mass is 9.73. The van der Waals surface area contributed by atoms with Crippen LogP contribution in [0.4, 0.5) is 5.69 Å². The fourth-order valence-electron chi connectivity index (χ4n) is 4.73. The molecule has 0 bridgehead atoms. The van der Waals surface area contributed by atoms with E-state index < -0.39 is 9.84 Å². The number of benzene rings is 1. The summed E-state index contributed by atoms with van der Waals surface area (Å²) in [5.41, 5.74) is 2.82. The van der Waals surface area contributed by atoms with Crippen molar-refractivity contribution in [2.45, 2.75) is 56.4 Å². The minimum absolute atomic E-state index is 0.0422. The van der Waals surface area contributed by atoms with Crippen LogP contribution < -0.4 is 0 Å². The van der Waals surface area contributed by atoms with Crippen LogP contribution in [-0.2, 0) is 21.0 Å². The number of nitrogens with zero attached hydrogens (tertiary/aromatic N) is 3. The van der Waals surface area contributed by atoms with Gasteiger partial charge in [-0.3, -0.25) is 4.99 Å². The molecule has 4 rings (SSSR count). The van der Waals surface area contributed by atoms with Crippen LogP contribution in [0.1, 0.15) is 51.2 Å². The smallest absolute Gasteiger partial charge is 0.225 e. The first-order valence-corrected chi connectivity index (χ1v) is 12.6. The summed E-state index contributed by atoms with van der Waals surface area (Å²) in [5, 5.41) is 9.11. The molecular formula is C25H29N3O3S. The van der Waals surface area contributed by atoms with Gasteiger partial charge in [0.1, 0.15) is 6.07 Å². The Hall–Kier alpha value is -2.56. The first kappa shape index (κ1) is 22.6. The van der Waals surface area contributed by atoms with Gasteiger partial charge in [-0.2, -0.15) is 5.26 Å². The molecule has 0 amide bonds. The summed E-state index contributed by atoms with van der Waals surface area (Å²) in [6.07, 6.45) is 5.50. The van der Waals surface area contributed by atoms with Gasteiger partial charge in [-0.15, -0.1) is 0 Å². The van der Waals surface area contributed by atoms with Crippen molar-refractivity contribution in [3.05, 3.63) is 47.7 Å². The highest BCUT2D eigenvalue weighted by atomic mass is 32.2. The summed E-state index contributed by atoms with van der Waals surface area (Å²) in [7, 11) is -3.92. The molecule has 0 spiro atoms. The van der Waals surface area contributed by atoms with Gasteiger partial charge in [0.15, 0.2) is 5.03 Å². The standard InChI is InChI=1S/C25H29N3O3S/c1-25(2,3)23-20(13-17-8-11-31-12-9-17)14-18-6-7-21(15-22(18)28-23)32(29,30)24-19(16-26)5-4-10-27-24/h4-7,10,15,17,20H,8-9,11-14H2,1-3H3. The largest absolute Gasteiger partial charge is 0.381 e. The van der Waals surface area contributed by atoms with Crippen molar-refractivity contribution in [2.75, 3.05) is 13.2 Å². The molecule has 0 N–H and O–H groups in total. The Kier molecular flexibility index (Phi) is 6.19. The van der Waals surface area contributed by atoms with Crippen molar-refractivity contribution in [3.8, 4) is 6.07 Å². The van der Waals surface area contributed by atoms with Gasteiger partial charge >= 0.3 is 0 Å². The lowest BCUT2D eigenvalue weighted by Gasteiger charge is -2.35. The zero-order valence-electron chi connectivity index (χ0n) is 18.8. The summed E-state index contributed by atoms with van der Waals surface area (Å²) >= 11 is 0. The van der Waals surface area contributed by atoms with E-state index in [4.69, 9.17) is 9.73 Å². The lowest BCUT2D eigenvalue weighted by Crippen LogP contribution is -2.34. The maximum absolute atomic E-state index is 13.2. The van der Waals surface area contributed by atoms with E-state index in [0.29, 0.717) is 17.5 Å². The summed E-state index contributed by atoms with van der Waals surface area (Å²) in [6.45, 7) is 8.16. The predicted octanol–water partition coefficient (Wildman–Crippen LogP) is 4.89. The van der Waals surface area contributed by atoms with Gasteiger partial charge in [-0.05, 0) is 61.4 Å². The molecule has 1 aromatic heterocycles. The normalized spacial score (nSPS) is 19.7. The molecule has 0 aliphatic carbocycles. The van der Waals surface area contributed by atoms with Gasteiger partial charge in [-0.25, -0.2) is 13.4 Å². The number of hydrogen-bond donors (Lipinski definition) is 0. The lowest BCUT2D eigenvalue weighted by molar-refractivity contribution is 0.0609. The summed E-state index contributed by atoms with van der Waals surface area (Å²) in [6, 6.07) is 10.1. The van der Waals surface area contributed by atoms with Crippen LogP contribution in [0, 0.1) is 28.6 Å². The van der Waals surface area contributed by atoms with Crippen LogP contribution >= 0.6 is 0 Å². The second-order valence-electron chi connectivity index (χ2n) is 9.70. The van der Waals surface area contributed by atoms with Gasteiger partial charge in [0.2, 0.25) is 9.84 Å². The fraction of sp³-hybridized carbons (Fsp3) is 0.480.